The molecule has 1 aromatic carbocycles. The van der Waals surface area contributed by atoms with Gasteiger partial charge >= 0.3 is 5.97 Å². The van der Waals surface area contributed by atoms with Gasteiger partial charge in [0.2, 0.25) is 5.78 Å². The van der Waals surface area contributed by atoms with Gasteiger partial charge < -0.3 is 9.47 Å². The molecule has 0 aliphatic carbocycles. The maximum atomic E-state index is 11.8. The highest BCUT2D eigenvalue weighted by Crippen LogP contribution is 2.26. The number of carbonyl (C=O) groups excluding carboxylic acids is 2. The molecule has 0 fully saturated rings. The highest BCUT2D eigenvalue weighted by Gasteiger charge is 2.35. The van der Waals surface area contributed by atoms with E-state index in [1.54, 1.807) is 45.2 Å². The number of hydrogen-bond acceptors (Lipinski definition) is 4. The first-order valence-electron chi connectivity index (χ1n) is 5.20. The molecule has 4 nitrogen and oxygen atoms in total. The molecule has 92 valence electrons. The predicted molar refractivity (Wildman–Crippen MR) is 63.0 cm³/mol. The van der Waals surface area contributed by atoms with E-state index in [0.29, 0.717) is 5.75 Å². The van der Waals surface area contributed by atoms with E-state index >= 15 is 0 Å². The van der Waals surface area contributed by atoms with Gasteiger partial charge in [0, 0.05) is 0 Å². The van der Waals surface area contributed by atoms with Gasteiger partial charge in [0.1, 0.15) is 5.75 Å². The number of benzene rings is 1. The number of methoxy groups -OCH3 is 2. The zero-order valence-corrected chi connectivity index (χ0v) is 10.4. The second-order valence-corrected chi connectivity index (χ2v) is 4.17. The van der Waals surface area contributed by atoms with Crippen molar-refractivity contribution in [2.24, 2.45) is 0 Å². The van der Waals surface area contributed by atoms with E-state index in [9.17, 15) is 9.59 Å². The Bertz CT molecular complexity index is 418. The lowest BCUT2D eigenvalue weighted by atomic mass is 9.80. The Morgan fingerprint density at radius 2 is 1.59 bits per heavy atom. The summed E-state index contributed by atoms with van der Waals surface area (Å²) in [6, 6.07) is 7.03. The lowest BCUT2D eigenvalue weighted by molar-refractivity contribution is -0.153. The van der Waals surface area contributed by atoms with Gasteiger partial charge in [-0.3, -0.25) is 4.79 Å². The van der Waals surface area contributed by atoms with Gasteiger partial charge in [0.15, 0.2) is 0 Å². The molecule has 0 amide bonds. The van der Waals surface area contributed by atoms with E-state index < -0.39 is 17.2 Å². The fourth-order valence-electron chi connectivity index (χ4n) is 1.49. The lowest BCUT2D eigenvalue weighted by Gasteiger charge is -2.22. The molecule has 17 heavy (non-hydrogen) atoms. The number of hydrogen-bond donors (Lipinski definition) is 0. The van der Waals surface area contributed by atoms with Crippen LogP contribution in [0.25, 0.3) is 0 Å². The van der Waals surface area contributed by atoms with E-state index in [4.69, 9.17) is 4.74 Å². The standard InChI is InChI=1S/C13H16O4/c1-13(2,11(14)12(15)17-4)9-5-7-10(16-3)8-6-9/h5-8H,1-4H3. The minimum Gasteiger partial charge on any atom is -0.497 e. The van der Waals surface area contributed by atoms with Crippen LogP contribution in [-0.2, 0) is 19.7 Å². The summed E-state index contributed by atoms with van der Waals surface area (Å²) in [5.41, 5.74) is -0.159. The summed E-state index contributed by atoms with van der Waals surface area (Å²) in [7, 11) is 2.77. The normalized spacial score (nSPS) is 10.8. The van der Waals surface area contributed by atoms with Crippen LogP contribution in [0.2, 0.25) is 0 Å². The molecule has 0 atom stereocenters. The molecule has 0 aromatic heterocycles. The fraction of sp³-hybridized carbons (Fsp3) is 0.385. The van der Waals surface area contributed by atoms with Gasteiger partial charge in [0.25, 0.3) is 0 Å². The second-order valence-electron chi connectivity index (χ2n) is 4.17. The summed E-state index contributed by atoms with van der Waals surface area (Å²) in [6.45, 7) is 3.38. The Morgan fingerprint density at radius 3 is 2.00 bits per heavy atom. The van der Waals surface area contributed by atoms with Crippen LogP contribution in [0, 0.1) is 0 Å². The maximum absolute atomic E-state index is 11.8. The lowest BCUT2D eigenvalue weighted by Crippen LogP contribution is -2.35. The summed E-state index contributed by atoms with van der Waals surface area (Å²) < 4.78 is 9.49. The summed E-state index contributed by atoms with van der Waals surface area (Å²) in [5.74, 6) is -0.689. The SMILES string of the molecule is COC(=O)C(=O)C(C)(C)c1ccc(OC)cc1. The van der Waals surface area contributed by atoms with E-state index in [1.165, 1.54) is 7.11 Å². The van der Waals surface area contributed by atoms with Crippen LogP contribution in [-0.4, -0.2) is 26.0 Å². The van der Waals surface area contributed by atoms with Crippen molar-refractivity contribution in [3.8, 4) is 5.75 Å². The summed E-state index contributed by atoms with van der Waals surface area (Å²) in [6.07, 6.45) is 0. The van der Waals surface area contributed by atoms with Gasteiger partial charge in [-0.2, -0.15) is 0 Å². The quantitative estimate of drug-likeness (QED) is 0.590. The molecule has 0 bridgehead atoms. The predicted octanol–water partition coefficient (Wildman–Crippen LogP) is 1.71. The van der Waals surface area contributed by atoms with Crippen molar-refractivity contribution in [1.29, 1.82) is 0 Å². The van der Waals surface area contributed by atoms with Crippen molar-refractivity contribution in [3.05, 3.63) is 29.8 Å². The molecular weight excluding hydrogens is 220 g/mol. The molecule has 0 spiro atoms. The van der Waals surface area contributed by atoms with Gasteiger partial charge in [-0.1, -0.05) is 12.1 Å². The number of Topliss-reactive ketones (excluding diaryl/α,β-unsaturated/α-hetero) is 1. The van der Waals surface area contributed by atoms with E-state index in [0.717, 1.165) is 5.56 Å². The Labute approximate surface area is 101 Å². The van der Waals surface area contributed by atoms with Crippen LogP contribution in [0.1, 0.15) is 19.4 Å². The molecule has 0 heterocycles. The Hall–Kier alpha value is -1.84. The third-order valence-electron chi connectivity index (χ3n) is 2.75. The van der Waals surface area contributed by atoms with E-state index in [2.05, 4.69) is 4.74 Å². The first-order valence-corrected chi connectivity index (χ1v) is 5.20. The average molecular weight is 236 g/mol. The minimum atomic E-state index is -0.903. The molecule has 0 N–H and O–H groups in total. The van der Waals surface area contributed by atoms with Crippen molar-refractivity contribution < 1.29 is 19.1 Å². The Kier molecular flexibility index (Phi) is 3.89. The largest absolute Gasteiger partial charge is 0.497 e. The van der Waals surface area contributed by atoms with Crippen molar-refractivity contribution in [1.82, 2.24) is 0 Å². The first-order chi connectivity index (χ1) is 7.93. The maximum Gasteiger partial charge on any atom is 0.375 e. The molecule has 0 saturated carbocycles. The molecule has 0 saturated heterocycles. The number of ketones is 1. The molecule has 0 radical (unpaired) electrons. The van der Waals surface area contributed by atoms with Gasteiger partial charge in [-0.05, 0) is 31.5 Å². The van der Waals surface area contributed by atoms with Crippen molar-refractivity contribution in [3.63, 3.8) is 0 Å². The molecule has 0 aliphatic heterocycles. The zero-order valence-electron chi connectivity index (χ0n) is 10.4. The second kappa shape index (κ2) is 4.99. The topological polar surface area (TPSA) is 52.6 Å². The number of esters is 1. The number of carbonyl (C=O) groups is 2. The van der Waals surface area contributed by atoms with Crippen LogP contribution in [0.15, 0.2) is 24.3 Å². The molecule has 4 heteroatoms. The molecule has 0 unspecified atom stereocenters. The fourth-order valence-corrected chi connectivity index (χ4v) is 1.49. The molecule has 1 rings (SSSR count). The van der Waals surface area contributed by atoms with Crippen LogP contribution < -0.4 is 4.74 Å². The number of ether oxygens (including phenoxy) is 2. The average Bonchev–Trinajstić information content (AvgIpc) is 2.36. The van der Waals surface area contributed by atoms with Crippen LogP contribution in [0.3, 0.4) is 0 Å². The Morgan fingerprint density at radius 1 is 1.06 bits per heavy atom. The summed E-state index contributed by atoms with van der Waals surface area (Å²) >= 11 is 0. The van der Waals surface area contributed by atoms with E-state index in [1.807, 2.05) is 0 Å². The van der Waals surface area contributed by atoms with Crippen molar-refractivity contribution >= 4 is 11.8 Å². The first kappa shape index (κ1) is 13.2. The third kappa shape index (κ3) is 2.64. The van der Waals surface area contributed by atoms with Crippen molar-refractivity contribution in [2.75, 3.05) is 14.2 Å². The minimum absolute atomic E-state index is 0.565. The molecular formula is C13H16O4. The van der Waals surface area contributed by atoms with Gasteiger partial charge in [-0.15, -0.1) is 0 Å². The number of rotatable bonds is 4. The van der Waals surface area contributed by atoms with Crippen LogP contribution >= 0.6 is 0 Å². The van der Waals surface area contributed by atoms with Gasteiger partial charge in [-0.25, -0.2) is 4.79 Å². The summed E-state index contributed by atoms with van der Waals surface area (Å²) in [5, 5.41) is 0. The van der Waals surface area contributed by atoms with E-state index in [-0.39, 0.29) is 0 Å². The Balaban J connectivity index is 3.03. The zero-order chi connectivity index (χ0) is 13.1. The van der Waals surface area contributed by atoms with Crippen LogP contribution in [0.5, 0.6) is 5.75 Å². The van der Waals surface area contributed by atoms with Crippen LogP contribution in [0.4, 0.5) is 0 Å². The monoisotopic (exact) mass is 236 g/mol. The highest BCUT2D eigenvalue weighted by molar-refractivity contribution is 6.37. The smallest absolute Gasteiger partial charge is 0.375 e. The third-order valence-corrected chi connectivity index (χ3v) is 2.75. The summed E-state index contributed by atoms with van der Waals surface area (Å²) in [4.78, 5) is 23.1. The molecule has 0 aliphatic rings. The molecule has 1 aromatic rings. The van der Waals surface area contributed by atoms with Gasteiger partial charge in [0.05, 0.1) is 19.6 Å². The van der Waals surface area contributed by atoms with Crippen molar-refractivity contribution in [2.45, 2.75) is 19.3 Å². The highest BCUT2D eigenvalue weighted by atomic mass is 16.5.